The molecule has 0 aliphatic heterocycles. The Bertz CT molecular complexity index is 600. The maximum atomic E-state index is 5.37. The molecular weight excluding hydrogens is 288 g/mol. The van der Waals surface area contributed by atoms with E-state index in [2.05, 4.69) is 54.6 Å². The lowest BCUT2D eigenvalue weighted by molar-refractivity contribution is 0.339. The summed E-state index contributed by atoms with van der Waals surface area (Å²) in [5.41, 5.74) is 2.46. The molecule has 0 heterocycles. The highest BCUT2D eigenvalue weighted by atomic mass is 16.5. The van der Waals surface area contributed by atoms with Crippen molar-refractivity contribution >= 4 is 0 Å². The van der Waals surface area contributed by atoms with Crippen LogP contribution in [0.5, 0.6) is 11.5 Å². The molecular formula is C19H26N2O2. The average Bonchev–Trinajstić information content (AvgIpc) is 2.58. The largest absolute Gasteiger partial charge is 0.493 e. The van der Waals surface area contributed by atoms with Gasteiger partial charge in [0.2, 0.25) is 0 Å². The van der Waals surface area contributed by atoms with Gasteiger partial charge in [-0.05, 0) is 37.4 Å². The number of ether oxygens (including phenoxy) is 2. The van der Waals surface area contributed by atoms with Gasteiger partial charge in [0.15, 0.2) is 11.5 Å². The van der Waals surface area contributed by atoms with Gasteiger partial charge >= 0.3 is 0 Å². The van der Waals surface area contributed by atoms with E-state index in [0.29, 0.717) is 0 Å². The van der Waals surface area contributed by atoms with Gasteiger partial charge in [-0.25, -0.2) is 0 Å². The highest BCUT2D eigenvalue weighted by Crippen LogP contribution is 2.27. The lowest BCUT2D eigenvalue weighted by atomic mass is 10.1. The summed E-state index contributed by atoms with van der Waals surface area (Å²) in [6, 6.07) is 16.8. The lowest BCUT2D eigenvalue weighted by Crippen LogP contribution is -2.30. The summed E-state index contributed by atoms with van der Waals surface area (Å²) in [4.78, 5) is 2.19. The van der Waals surface area contributed by atoms with Gasteiger partial charge in [0.05, 0.1) is 14.2 Å². The number of nitrogens with one attached hydrogen (secondary N) is 1. The van der Waals surface area contributed by atoms with Crippen LogP contribution >= 0.6 is 0 Å². The van der Waals surface area contributed by atoms with Gasteiger partial charge in [0, 0.05) is 19.1 Å². The van der Waals surface area contributed by atoms with Gasteiger partial charge < -0.3 is 19.7 Å². The molecule has 2 aromatic rings. The molecule has 124 valence electrons. The first-order valence-electron chi connectivity index (χ1n) is 7.78. The molecule has 0 radical (unpaired) electrons. The van der Waals surface area contributed by atoms with Crippen LogP contribution < -0.4 is 14.8 Å². The average molecular weight is 314 g/mol. The minimum absolute atomic E-state index is 0.277. The fourth-order valence-corrected chi connectivity index (χ4v) is 2.57. The number of hydrogen-bond acceptors (Lipinski definition) is 4. The van der Waals surface area contributed by atoms with Crippen LogP contribution in [0.3, 0.4) is 0 Å². The summed E-state index contributed by atoms with van der Waals surface area (Å²) >= 11 is 0. The fourth-order valence-electron chi connectivity index (χ4n) is 2.57. The van der Waals surface area contributed by atoms with E-state index in [0.717, 1.165) is 24.6 Å². The van der Waals surface area contributed by atoms with Crippen LogP contribution in [0.15, 0.2) is 48.5 Å². The van der Waals surface area contributed by atoms with Crippen LogP contribution in [0.25, 0.3) is 0 Å². The van der Waals surface area contributed by atoms with Crippen molar-refractivity contribution < 1.29 is 9.47 Å². The Labute approximate surface area is 139 Å². The molecule has 1 atom stereocenters. The van der Waals surface area contributed by atoms with Crippen molar-refractivity contribution in [2.24, 2.45) is 0 Å². The smallest absolute Gasteiger partial charge is 0.161 e. The summed E-state index contributed by atoms with van der Waals surface area (Å²) in [6.07, 6.45) is 0. The molecule has 0 amide bonds. The highest BCUT2D eigenvalue weighted by Gasteiger charge is 2.12. The van der Waals surface area contributed by atoms with Crippen molar-refractivity contribution in [3.63, 3.8) is 0 Å². The van der Waals surface area contributed by atoms with Crippen LogP contribution in [0.1, 0.15) is 17.2 Å². The molecule has 0 aliphatic rings. The van der Waals surface area contributed by atoms with Crippen LogP contribution in [0.2, 0.25) is 0 Å². The second-order valence-electron chi connectivity index (χ2n) is 5.80. The molecule has 0 fully saturated rings. The highest BCUT2D eigenvalue weighted by molar-refractivity contribution is 5.42. The molecule has 1 unspecified atom stereocenters. The maximum absolute atomic E-state index is 5.37. The number of methoxy groups -OCH3 is 2. The van der Waals surface area contributed by atoms with Crippen molar-refractivity contribution in [2.75, 3.05) is 34.9 Å². The Morgan fingerprint density at radius 1 is 0.957 bits per heavy atom. The monoisotopic (exact) mass is 314 g/mol. The van der Waals surface area contributed by atoms with Crippen molar-refractivity contribution in [1.82, 2.24) is 10.2 Å². The Morgan fingerprint density at radius 2 is 1.65 bits per heavy atom. The van der Waals surface area contributed by atoms with Gasteiger partial charge in [-0.3, -0.25) is 0 Å². The molecule has 0 aromatic heterocycles. The molecule has 0 bridgehead atoms. The van der Waals surface area contributed by atoms with E-state index in [4.69, 9.17) is 9.47 Å². The Morgan fingerprint density at radius 3 is 2.26 bits per heavy atom. The molecule has 2 aromatic carbocycles. The Balaban J connectivity index is 2.09. The van der Waals surface area contributed by atoms with E-state index in [9.17, 15) is 0 Å². The number of benzene rings is 2. The van der Waals surface area contributed by atoms with Crippen LogP contribution in [0.4, 0.5) is 0 Å². The third-order valence-corrected chi connectivity index (χ3v) is 3.75. The zero-order chi connectivity index (χ0) is 16.7. The van der Waals surface area contributed by atoms with E-state index in [1.165, 1.54) is 11.1 Å². The van der Waals surface area contributed by atoms with Crippen molar-refractivity contribution in [3.8, 4) is 11.5 Å². The number of rotatable bonds is 8. The number of nitrogens with zero attached hydrogens (tertiary/aromatic N) is 1. The zero-order valence-corrected chi connectivity index (χ0v) is 14.4. The molecule has 0 saturated carbocycles. The van der Waals surface area contributed by atoms with Gasteiger partial charge in [-0.1, -0.05) is 36.4 Å². The summed E-state index contributed by atoms with van der Waals surface area (Å²) in [6.45, 7) is 1.71. The van der Waals surface area contributed by atoms with E-state index in [1.807, 2.05) is 18.2 Å². The van der Waals surface area contributed by atoms with Crippen LogP contribution in [-0.2, 0) is 6.54 Å². The van der Waals surface area contributed by atoms with Crippen molar-refractivity contribution in [2.45, 2.75) is 12.6 Å². The molecule has 1 N–H and O–H groups in total. The Hall–Kier alpha value is -2.04. The van der Waals surface area contributed by atoms with E-state index in [1.54, 1.807) is 14.2 Å². The van der Waals surface area contributed by atoms with E-state index >= 15 is 0 Å². The predicted octanol–water partition coefficient (Wildman–Crippen LogP) is 3.10. The minimum Gasteiger partial charge on any atom is -0.493 e. The first-order chi connectivity index (χ1) is 11.1. The summed E-state index contributed by atoms with van der Waals surface area (Å²) in [5.74, 6) is 1.51. The summed E-state index contributed by atoms with van der Waals surface area (Å²) in [5, 5.41) is 3.63. The van der Waals surface area contributed by atoms with Crippen LogP contribution in [0, 0.1) is 0 Å². The molecule has 2 rings (SSSR count). The standard InChI is InChI=1S/C19H26N2O2/c1-21(2)14-17(16-8-6-5-7-9-16)20-13-15-10-11-18(22-3)19(12-15)23-4/h5-12,17,20H,13-14H2,1-4H3. The second-order valence-corrected chi connectivity index (χ2v) is 5.80. The summed E-state index contributed by atoms with van der Waals surface area (Å²) in [7, 11) is 7.49. The quantitative estimate of drug-likeness (QED) is 0.812. The normalized spacial score (nSPS) is 12.2. The molecule has 23 heavy (non-hydrogen) atoms. The molecule has 4 nitrogen and oxygen atoms in total. The maximum Gasteiger partial charge on any atom is 0.161 e. The van der Waals surface area contributed by atoms with E-state index < -0.39 is 0 Å². The zero-order valence-electron chi connectivity index (χ0n) is 14.4. The van der Waals surface area contributed by atoms with E-state index in [-0.39, 0.29) is 6.04 Å². The molecule has 0 aliphatic carbocycles. The van der Waals surface area contributed by atoms with Crippen molar-refractivity contribution in [3.05, 3.63) is 59.7 Å². The topological polar surface area (TPSA) is 33.7 Å². The number of likely N-dealkylation sites (N-methyl/N-ethyl adjacent to an activating group) is 1. The third kappa shape index (κ3) is 4.98. The van der Waals surface area contributed by atoms with Gasteiger partial charge in [0.1, 0.15) is 0 Å². The molecule has 0 saturated heterocycles. The number of hydrogen-bond donors (Lipinski definition) is 1. The molecule has 0 spiro atoms. The predicted molar refractivity (Wildman–Crippen MR) is 94.1 cm³/mol. The summed E-state index contributed by atoms with van der Waals surface area (Å²) < 4.78 is 10.7. The van der Waals surface area contributed by atoms with Crippen LogP contribution in [-0.4, -0.2) is 39.8 Å². The first kappa shape index (κ1) is 17.3. The second kappa shape index (κ2) is 8.56. The SMILES string of the molecule is COc1ccc(CNC(CN(C)C)c2ccccc2)cc1OC. The minimum atomic E-state index is 0.277. The third-order valence-electron chi connectivity index (χ3n) is 3.75. The van der Waals surface area contributed by atoms with Gasteiger partial charge in [-0.2, -0.15) is 0 Å². The Kier molecular flexibility index (Phi) is 6.44. The van der Waals surface area contributed by atoms with Gasteiger partial charge in [0.25, 0.3) is 0 Å². The van der Waals surface area contributed by atoms with Gasteiger partial charge in [-0.15, -0.1) is 0 Å². The molecule has 4 heteroatoms. The fraction of sp³-hybridized carbons (Fsp3) is 0.368. The van der Waals surface area contributed by atoms with Crippen molar-refractivity contribution in [1.29, 1.82) is 0 Å². The first-order valence-corrected chi connectivity index (χ1v) is 7.78. The lowest BCUT2D eigenvalue weighted by Gasteiger charge is -2.23.